The van der Waals surface area contributed by atoms with Gasteiger partial charge in [0.15, 0.2) is 0 Å². The minimum Gasteiger partial charge on any atom is -0.389 e. The molecule has 1 heterocycles. The van der Waals surface area contributed by atoms with Gasteiger partial charge in [-0.1, -0.05) is 0 Å². The van der Waals surface area contributed by atoms with E-state index in [9.17, 15) is 5.11 Å². The van der Waals surface area contributed by atoms with E-state index in [1.807, 2.05) is 20.2 Å². The summed E-state index contributed by atoms with van der Waals surface area (Å²) in [7, 11) is 0. The van der Waals surface area contributed by atoms with Gasteiger partial charge in [-0.25, -0.2) is 4.98 Å². The fourth-order valence-corrected chi connectivity index (χ4v) is 2.08. The maximum atomic E-state index is 9.74. The second kappa shape index (κ2) is 3.39. The molecule has 0 aromatic carbocycles. The molecule has 0 saturated carbocycles. The van der Waals surface area contributed by atoms with Gasteiger partial charge in [-0.3, -0.25) is 0 Å². The fourth-order valence-electron chi connectivity index (χ4n) is 2.08. The Morgan fingerprint density at radius 2 is 2.14 bits per heavy atom. The molecule has 3 nitrogen and oxygen atoms in total. The van der Waals surface area contributed by atoms with Gasteiger partial charge in [-0.2, -0.15) is 0 Å². The molecule has 0 aliphatic heterocycles. The van der Waals surface area contributed by atoms with E-state index >= 15 is 0 Å². The summed E-state index contributed by atoms with van der Waals surface area (Å²) in [6.07, 6.45) is 6.60. The number of aliphatic hydroxyl groups is 1. The summed E-state index contributed by atoms with van der Waals surface area (Å²) in [6, 6.07) is 0. The van der Waals surface area contributed by atoms with Crippen molar-refractivity contribution in [3.8, 4) is 0 Å². The molecular weight excluding hydrogens is 176 g/mol. The van der Waals surface area contributed by atoms with E-state index in [1.54, 1.807) is 0 Å². The molecule has 2 rings (SSSR count). The molecule has 0 saturated heterocycles. The molecule has 1 aliphatic carbocycles. The van der Waals surface area contributed by atoms with Crippen LogP contribution in [0.25, 0.3) is 0 Å². The predicted molar refractivity (Wildman–Crippen MR) is 55.2 cm³/mol. The van der Waals surface area contributed by atoms with Gasteiger partial charge < -0.3 is 9.67 Å². The van der Waals surface area contributed by atoms with Crippen LogP contribution in [0, 0.1) is 0 Å². The van der Waals surface area contributed by atoms with Crippen molar-refractivity contribution < 1.29 is 5.11 Å². The molecule has 3 heteroatoms. The summed E-state index contributed by atoms with van der Waals surface area (Å²) in [4.78, 5) is 4.39. The molecule has 0 bridgehead atoms. The molecular formula is C11H18N2O. The maximum Gasteiger partial charge on any atom is 0.0952 e. The number of imidazole rings is 1. The van der Waals surface area contributed by atoms with Gasteiger partial charge in [0.25, 0.3) is 0 Å². The van der Waals surface area contributed by atoms with Gasteiger partial charge in [0, 0.05) is 5.69 Å². The van der Waals surface area contributed by atoms with Crippen molar-refractivity contribution in [3.63, 3.8) is 0 Å². The summed E-state index contributed by atoms with van der Waals surface area (Å²) in [6.45, 7) is 4.32. The third-order valence-electron chi connectivity index (χ3n) is 2.67. The Labute approximate surface area is 84.8 Å². The highest BCUT2D eigenvalue weighted by atomic mass is 16.3. The second-order valence-electron chi connectivity index (χ2n) is 4.79. The molecule has 0 atom stereocenters. The minimum atomic E-state index is -0.647. The first kappa shape index (κ1) is 9.71. The van der Waals surface area contributed by atoms with Crippen LogP contribution in [0.5, 0.6) is 0 Å². The number of aromatic nitrogens is 2. The normalized spacial score (nSPS) is 16.8. The predicted octanol–water partition coefficient (Wildman–Crippen LogP) is 1.53. The molecule has 0 fully saturated rings. The molecule has 1 N–H and O–H groups in total. The lowest BCUT2D eigenvalue weighted by atomic mass is 10.0. The Morgan fingerprint density at radius 3 is 2.86 bits per heavy atom. The van der Waals surface area contributed by atoms with Crippen LogP contribution in [0.3, 0.4) is 0 Å². The van der Waals surface area contributed by atoms with Crippen molar-refractivity contribution in [2.24, 2.45) is 0 Å². The van der Waals surface area contributed by atoms with Crippen molar-refractivity contribution in [1.82, 2.24) is 9.55 Å². The van der Waals surface area contributed by atoms with Crippen LogP contribution in [-0.2, 0) is 19.4 Å². The molecule has 14 heavy (non-hydrogen) atoms. The van der Waals surface area contributed by atoms with E-state index in [0.717, 1.165) is 12.8 Å². The lowest BCUT2D eigenvalue weighted by molar-refractivity contribution is 0.0606. The fraction of sp³-hybridized carbons (Fsp3) is 0.727. The van der Waals surface area contributed by atoms with Crippen LogP contribution in [0.2, 0.25) is 0 Å². The number of rotatable bonds is 2. The zero-order valence-corrected chi connectivity index (χ0v) is 8.95. The van der Waals surface area contributed by atoms with Crippen LogP contribution in [-0.4, -0.2) is 20.3 Å². The van der Waals surface area contributed by atoms with Gasteiger partial charge in [0.05, 0.1) is 24.2 Å². The highest BCUT2D eigenvalue weighted by molar-refractivity contribution is 5.16. The Kier molecular flexibility index (Phi) is 2.35. The topological polar surface area (TPSA) is 38.0 Å². The van der Waals surface area contributed by atoms with Crippen molar-refractivity contribution in [2.75, 3.05) is 0 Å². The van der Waals surface area contributed by atoms with Crippen molar-refractivity contribution >= 4 is 0 Å². The molecule has 1 aromatic rings. The van der Waals surface area contributed by atoms with E-state index in [4.69, 9.17) is 0 Å². The average Bonchev–Trinajstić information content (AvgIpc) is 2.47. The average molecular weight is 194 g/mol. The summed E-state index contributed by atoms with van der Waals surface area (Å²) < 4.78 is 2.11. The molecule has 1 aromatic heterocycles. The van der Waals surface area contributed by atoms with Crippen LogP contribution in [0.1, 0.15) is 38.1 Å². The number of hydrogen-bond donors (Lipinski definition) is 1. The quantitative estimate of drug-likeness (QED) is 0.775. The highest BCUT2D eigenvalue weighted by Gasteiger charge is 2.19. The molecule has 0 unspecified atom stereocenters. The molecule has 1 aliphatic rings. The zero-order chi connectivity index (χ0) is 10.2. The Hall–Kier alpha value is -0.830. The van der Waals surface area contributed by atoms with E-state index < -0.39 is 5.60 Å². The van der Waals surface area contributed by atoms with Crippen LogP contribution in [0.4, 0.5) is 0 Å². The van der Waals surface area contributed by atoms with E-state index in [1.165, 1.54) is 24.2 Å². The number of hydrogen-bond acceptors (Lipinski definition) is 2. The summed E-state index contributed by atoms with van der Waals surface area (Å²) in [5.74, 6) is 0. The second-order valence-corrected chi connectivity index (χ2v) is 4.79. The van der Waals surface area contributed by atoms with Gasteiger partial charge in [-0.15, -0.1) is 0 Å². The first-order valence-corrected chi connectivity index (χ1v) is 5.31. The summed E-state index contributed by atoms with van der Waals surface area (Å²) in [5.41, 5.74) is 1.92. The van der Waals surface area contributed by atoms with Crippen molar-refractivity contribution in [3.05, 3.63) is 17.7 Å². The number of aryl methyl sites for hydroxylation is 1. The largest absolute Gasteiger partial charge is 0.389 e. The third-order valence-corrected chi connectivity index (χ3v) is 2.67. The van der Waals surface area contributed by atoms with Crippen molar-refractivity contribution in [2.45, 2.75) is 51.7 Å². The summed E-state index contributed by atoms with van der Waals surface area (Å²) in [5, 5.41) is 9.74. The Balaban J connectivity index is 2.22. The SMILES string of the molecule is CC(C)(O)Cn1cnc2c1CCCC2. The maximum absolute atomic E-state index is 9.74. The van der Waals surface area contributed by atoms with Gasteiger partial charge in [0.1, 0.15) is 0 Å². The lowest BCUT2D eigenvalue weighted by Crippen LogP contribution is -2.27. The standard InChI is InChI=1S/C11H18N2O/c1-11(2,14)7-13-8-12-9-5-3-4-6-10(9)13/h8,14H,3-7H2,1-2H3. The van der Waals surface area contributed by atoms with Crippen molar-refractivity contribution in [1.29, 1.82) is 0 Å². The number of fused-ring (bicyclic) bond motifs is 1. The Morgan fingerprint density at radius 1 is 1.43 bits per heavy atom. The lowest BCUT2D eigenvalue weighted by Gasteiger charge is -2.21. The van der Waals surface area contributed by atoms with E-state index in [-0.39, 0.29) is 0 Å². The zero-order valence-electron chi connectivity index (χ0n) is 8.95. The van der Waals surface area contributed by atoms with Gasteiger partial charge in [0.2, 0.25) is 0 Å². The Bertz CT molecular complexity index is 323. The number of nitrogens with zero attached hydrogens (tertiary/aromatic N) is 2. The summed E-state index contributed by atoms with van der Waals surface area (Å²) >= 11 is 0. The van der Waals surface area contributed by atoms with Gasteiger partial charge >= 0.3 is 0 Å². The van der Waals surface area contributed by atoms with Crippen LogP contribution < -0.4 is 0 Å². The third kappa shape index (κ3) is 1.98. The smallest absolute Gasteiger partial charge is 0.0952 e. The van der Waals surface area contributed by atoms with Gasteiger partial charge in [-0.05, 0) is 39.5 Å². The van der Waals surface area contributed by atoms with E-state index in [0.29, 0.717) is 6.54 Å². The highest BCUT2D eigenvalue weighted by Crippen LogP contribution is 2.21. The first-order valence-electron chi connectivity index (χ1n) is 5.31. The molecule has 0 amide bonds. The minimum absolute atomic E-state index is 0.647. The van der Waals surface area contributed by atoms with Crippen LogP contribution in [0.15, 0.2) is 6.33 Å². The van der Waals surface area contributed by atoms with Crippen LogP contribution >= 0.6 is 0 Å². The molecule has 0 spiro atoms. The first-order chi connectivity index (χ1) is 6.56. The monoisotopic (exact) mass is 194 g/mol. The molecule has 0 radical (unpaired) electrons. The molecule has 78 valence electrons. The van der Waals surface area contributed by atoms with E-state index in [2.05, 4.69) is 9.55 Å².